The van der Waals surface area contributed by atoms with Gasteiger partial charge in [-0.05, 0) is 49.7 Å². The highest BCUT2D eigenvalue weighted by Crippen LogP contribution is 2.34. The molecule has 186 valence electrons. The molecule has 9 nitrogen and oxygen atoms in total. The van der Waals surface area contributed by atoms with E-state index in [4.69, 9.17) is 13.9 Å². The van der Waals surface area contributed by atoms with Gasteiger partial charge < -0.3 is 28.5 Å². The maximum Gasteiger partial charge on any atom is 0.409 e. The summed E-state index contributed by atoms with van der Waals surface area (Å²) in [4.78, 5) is 29.8. The summed E-state index contributed by atoms with van der Waals surface area (Å²) < 4.78 is 17.5. The molecule has 0 radical (unpaired) electrons. The fourth-order valence-electron chi connectivity index (χ4n) is 4.50. The first kappa shape index (κ1) is 24.4. The zero-order valence-corrected chi connectivity index (χ0v) is 20.3. The first-order valence-electron chi connectivity index (χ1n) is 11.7. The van der Waals surface area contributed by atoms with Gasteiger partial charge in [0.2, 0.25) is 0 Å². The molecule has 35 heavy (non-hydrogen) atoms. The topological polar surface area (TPSA) is 97.4 Å². The summed E-state index contributed by atoms with van der Waals surface area (Å²) in [6.07, 6.45) is 1.23. The molecule has 2 aromatic heterocycles. The average Bonchev–Trinajstić information content (AvgIpc) is 3.38. The first-order valence-corrected chi connectivity index (χ1v) is 11.7. The van der Waals surface area contributed by atoms with Crippen LogP contribution in [0, 0.1) is 6.92 Å². The highest BCUT2D eigenvalue weighted by molar-refractivity contribution is 5.67. The Labute approximate surface area is 204 Å². The Morgan fingerprint density at radius 1 is 1.14 bits per heavy atom. The number of aromatic hydroxyl groups is 1. The van der Waals surface area contributed by atoms with Crippen molar-refractivity contribution in [1.29, 1.82) is 0 Å². The van der Waals surface area contributed by atoms with Crippen molar-refractivity contribution in [2.75, 3.05) is 39.9 Å². The summed E-state index contributed by atoms with van der Waals surface area (Å²) >= 11 is 0. The van der Waals surface area contributed by atoms with E-state index in [9.17, 15) is 14.7 Å². The largest absolute Gasteiger partial charge is 0.507 e. The van der Waals surface area contributed by atoms with Crippen molar-refractivity contribution < 1.29 is 23.8 Å². The molecule has 1 amide bonds. The third kappa shape index (κ3) is 5.19. The summed E-state index contributed by atoms with van der Waals surface area (Å²) in [6.45, 7) is 6.09. The summed E-state index contributed by atoms with van der Waals surface area (Å²) in [5.41, 5.74) is 1.48. The van der Waals surface area contributed by atoms with Gasteiger partial charge in [-0.3, -0.25) is 9.69 Å². The molecule has 0 spiro atoms. The van der Waals surface area contributed by atoms with Crippen LogP contribution in [-0.4, -0.2) is 65.5 Å². The highest BCUT2D eigenvalue weighted by Gasteiger charge is 2.33. The fraction of sp³-hybridized carbons (Fsp3) is 0.385. The smallest absolute Gasteiger partial charge is 0.409 e. The molecule has 1 N–H and O–H groups in total. The lowest BCUT2D eigenvalue weighted by atomic mass is 9.96. The van der Waals surface area contributed by atoms with Gasteiger partial charge in [0, 0.05) is 31.9 Å². The predicted octanol–water partition coefficient (Wildman–Crippen LogP) is 3.38. The summed E-state index contributed by atoms with van der Waals surface area (Å²) in [5, 5.41) is 11.0. The normalized spacial score (nSPS) is 15.1. The fourth-order valence-corrected chi connectivity index (χ4v) is 4.50. The molecule has 1 saturated heterocycles. The minimum absolute atomic E-state index is 0.0585. The number of carbonyl (C=O) groups is 1. The summed E-state index contributed by atoms with van der Waals surface area (Å²) in [6, 6.07) is 12.2. The van der Waals surface area contributed by atoms with Gasteiger partial charge in [0.05, 0.1) is 38.1 Å². The van der Waals surface area contributed by atoms with Crippen LogP contribution in [0.3, 0.4) is 0 Å². The number of aromatic nitrogens is 1. The lowest BCUT2D eigenvalue weighted by molar-refractivity contribution is 0.0709. The van der Waals surface area contributed by atoms with E-state index in [1.807, 2.05) is 30.3 Å². The van der Waals surface area contributed by atoms with Crippen molar-refractivity contribution in [2.24, 2.45) is 0 Å². The second kappa shape index (κ2) is 10.7. The monoisotopic (exact) mass is 481 g/mol. The second-order valence-electron chi connectivity index (χ2n) is 8.45. The number of ether oxygens (including phenoxy) is 2. The number of furan rings is 1. The van der Waals surface area contributed by atoms with E-state index < -0.39 is 6.04 Å². The van der Waals surface area contributed by atoms with E-state index in [1.54, 1.807) is 48.8 Å². The lowest BCUT2D eigenvalue weighted by Crippen LogP contribution is -2.50. The molecular weight excluding hydrogens is 450 g/mol. The molecule has 1 aliphatic heterocycles. The van der Waals surface area contributed by atoms with Crippen LogP contribution in [0.25, 0.3) is 0 Å². The lowest BCUT2D eigenvalue weighted by Gasteiger charge is -2.39. The number of benzene rings is 1. The molecule has 4 rings (SSSR count). The third-order valence-corrected chi connectivity index (χ3v) is 6.33. The van der Waals surface area contributed by atoms with Gasteiger partial charge >= 0.3 is 6.09 Å². The third-order valence-electron chi connectivity index (χ3n) is 6.33. The number of nitrogens with zero attached hydrogens (tertiary/aromatic N) is 3. The van der Waals surface area contributed by atoms with Crippen molar-refractivity contribution in [2.45, 2.75) is 26.4 Å². The number of amides is 1. The number of pyridine rings is 1. The molecule has 0 saturated carbocycles. The molecule has 0 unspecified atom stereocenters. The average molecular weight is 482 g/mol. The number of aryl methyl sites for hydroxylation is 1. The SMILES string of the molecule is CCOC(=O)N1CCN([C@@H](c2ccc(OC)cc2)c2c(O)cc(C)n(Cc3ccco3)c2=O)CC1. The molecule has 9 heteroatoms. The van der Waals surface area contributed by atoms with Gasteiger partial charge in [-0.25, -0.2) is 4.79 Å². The number of piperazine rings is 1. The molecule has 0 aliphatic carbocycles. The van der Waals surface area contributed by atoms with E-state index in [0.29, 0.717) is 50.0 Å². The van der Waals surface area contributed by atoms with Crippen molar-refractivity contribution >= 4 is 6.09 Å². The summed E-state index contributed by atoms with van der Waals surface area (Å²) in [5.74, 6) is 1.29. The van der Waals surface area contributed by atoms with Gasteiger partial charge in [0.15, 0.2) is 0 Å². The molecule has 0 bridgehead atoms. The van der Waals surface area contributed by atoms with Gasteiger partial charge in [0.25, 0.3) is 5.56 Å². The van der Waals surface area contributed by atoms with Gasteiger partial charge in [-0.1, -0.05) is 12.1 Å². The molecule has 1 aliphatic rings. The van der Waals surface area contributed by atoms with E-state index >= 15 is 0 Å². The van der Waals surface area contributed by atoms with Crippen molar-refractivity contribution in [3.05, 3.63) is 81.7 Å². The van der Waals surface area contributed by atoms with E-state index in [0.717, 1.165) is 5.56 Å². The molecule has 1 fully saturated rings. The number of hydrogen-bond acceptors (Lipinski definition) is 7. The molecule has 3 heterocycles. The van der Waals surface area contributed by atoms with E-state index in [-0.39, 0.29) is 29.5 Å². The molecule has 1 atom stereocenters. The Morgan fingerprint density at radius 2 is 1.86 bits per heavy atom. The van der Waals surface area contributed by atoms with Crippen molar-refractivity contribution in [3.63, 3.8) is 0 Å². The summed E-state index contributed by atoms with van der Waals surface area (Å²) in [7, 11) is 1.60. The van der Waals surface area contributed by atoms with Gasteiger partial charge in [-0.2, -0.15) is 0 Å². The van der Waals surface area contributed by atoms with E-state index in [1.165, 1.54) is 0 Å². The second-order valence-corrected chi connectivity index (χ2v) is 8.45. The highest BCUT2D eigenvalue weighted by atomic mass is 16.6. The van der Waals surface area contributed by atoms with Crippen molar-refractivity contribution in [1.82, 2.24) is 14.4 Å². The first-order chi connectivity index (χ1) is 16.9. The van der Waals surface area contributed by atoms with E-state index in [2.05, 4.69) is 4.90 Å². The Morgan fingerprint density at radius 3 is 2.46 bits per heavy atom. The Hall–Kier alpha value is -3.72. The maximum absolute atomic E-state index is 13.8. The Bertz CT molecular complexity index is 1200. The zero-order chi connectivity index (χ0) is 24.9. The van der Waals surface area contributed by atoms with Crippen LogP contribution in [0.4, 0.5) is 4.79 Å². The molecule has 1 aromatic carbocycles. The number of carbonyl (C=O) groups excluding carboxylic acids is 1. The van der Waals surface area contributed by atoms with Crippen molar-refractivity contribution in [3.8, 4) is 11.5 Å². The number of rotatable bonds is 7. The zero-order valence-electron chi connectivity index (χ0n) is 20.3. The molecular formula is C26H31N3O6. The van der Waals surface area contributed by atoms with Crippen LogP contribution in [0.5, 0.6) is 11.5 Å². The number of methoxy groups -OCH3 is 1. The Balaban J connectivity index is 1.74. The van der Waals surface area contributed by atoms with Crippen LogP contribution in [-0.2, 0) is 11.3 Å². The Kier molecular flexibility index (Phi) is 7.45. The maximum atomic E-state index is 13.8. The van der Waals surface area contributed by atoms with Crippen LogP contribution >= 0.6 is 0 Å². The van der Waals surface area contributed by atoms with Gasteiger partial charge in [-0.15, -0.1) is 0 Å². The number of hydrogen-bond donors (Lipinski definition) is 1. The minimum Gasteiger partial charge on any atom is -0.507 e. The standard InChI is InChI=1S/C26H31N3O6/c1-4-34-26(32)28-13-11-27(12-14-28)24(19-7-9-20(33-3)10-8-19)23-22(30)16-18(2)29(25(23)31)17-21-6-5-15-35-21/h5-10,15-16,24,30H,4,11-14,17H2,1-3H3/t24-/m0/s1. The van der Waals surface area contributed by atoms with Crippen LogP contribution in [0.1, 0.15) is 35.5 Å². The van der Waals surface area contributed by atoms with Crippen LogP contribution in [0.15, 0.2) is 57.9 Å². The quantitative estimate of drug-likeness (QED) is 0.553. The van der Waals surface area contributed by atoms with Crippen LogP contribution < -0.4 is 10.3 Å². The predicted molar refractivity (Wildman–Crippen MR) is 130 cm³/mol. The molecule has 3 aromatic rings. The minimum atomic E-state index is -0.513. The van der Waals surface area contributed by atoms with Crippen LogP contribution in [0.2, 0.25) is 0 Å². The van der Waals surface area contributed by atoms with Gasteiger partial charge in [0.1, 0.15) is 17.3 Å².